The quantitative estimate of drug-likeness (QED) is 0.634. The molecular formula is C12H17N3O3. The lowest BCUT2D eigenvalue weighted by Gasteiger charge is -2.18. The van der Waals surface area contributed by atoms with Crippen LogP contribution in [0.2, 0.25) is 0 Å². The molecule has 0 saturated carbocycles. The molecule has 0 aromatic heterocycles. The summed E-state index contributed by atoms with van der Waals surface area (Å²) in [4.78, 5) is 10.8. The Balaban J connectivity index is 2.29. The van der Waals surface area contributed by atoms with Gasteiger partial charge in [0.05, 0.1) is 17.1 Å². The Hall–Kier alpha value is -1.82. The predicted octanol–water partition coefficient (Wildman–Crippen LogP) is 2.23. The van der Waals surface area contributed by atoms with Gasteiger partial charge in [-0.25, -0.2) is 0 Å². The average molecular weight is 251 g/mol. The maximum atomic E-state index is 11.2. The van der Waals surface area contributed by atoms with Gasteiger partial charge in [0.25, 0.3) is 0 Å². The van der Waals surface area contributed by atoms with Crippen molar-refractivity contribution in [3.05, 3.63) is 28.3 Å². The van der Waals surface area contributed by atoms with Crippen LogP contribution < -0.4 is 10.6 Å². The van der Waals surface area contributed by atoms with Gasteiger partial charge >= 0.3 is 5.69 Å². The Labute approximate surface area is 105 Å². The molecule has 0 spiro atoms. The molecule has 18 heavy (non-hydrogen) atoms. The second kappa shape index (κ2) is 5.22. The molecule has 1 heterocycles. The molecule has 0 bridgehead atoms. The first-order chi connectivity index (χ1) is 8.63. The van der Waals surface area contributed by atoms with Gasteiger partial charge in [0.15, 0.2) is 0 Å². The Bertz CT molecular complexity index is 450. The minimum absolute atomic E-state index is 0.0721. The van der Waals surface area contributed by atoms with E-state index in [9.17, 15) is 10.1 Å². The summed E-state index contributed by atoms with van der Waals surface area (Å²) in [6, 6.07) is 5.33. The number of nitrogens with zero attached hydrogens (tertiary/aromatic N) is 1. The molecule has 0 amide bonds. The number of benzene rings is 1. The molecular weight excluding hydrogens is 234 g/mol. The van der Waals surface area contributed by atoms with Crippen LogP contribution in [0.1, 0.15) is 13.3 Å². The molecule has 6 heteroatoms. The number of nitro benzene ring substituents is 1. The van der Waals surface area contributed by atoms with E-state index in [0.717, 1.165) is 6.42 Å². The zero-order chi connectivity index (χ0) is 13.1. The van der Waals surface area contributed by atoms with E-state index < -0.39 is 0 Å². The highest BCUT2D eigenvalue weighted by molar-refractivity contribution is 5.76. The Morgan fingerprint density at radius 1 is 1.44 bits per heavy atom. The number of hydrogen-bond acceptors (Lipinski definition) is 5. The van der Waals surface area contributed by atoms with Crippen molar-refractivity contribution in [2.75, 3.05) is 24.3 Å². The number of hydrogen-bond donors (Lipinski definition) is 2. The van der Waals surface area contributed by atoms with Crippen molar-refractivity contribution in [3.63, 3.8) is 0 Å². The molecule has 2 atom stereocenters. The molecule has 1 aliphatic rings. The number of para-hydroxylation sites is 1. The van der Waals surface area contributed by atoms with Crippen molar-refractivity contribution in [1.29, 1.82) is 0 Å². The van der Waals surface area contributed by atoms with Gasteiger partial charge in [-0.15, -0.1) is 0 Å². The average Bonchev–Trinajstić information content (AvgIpc) is 2.74. The van der Waals surface area contributed by atoms with E-state index in [4.69, 9.17) is 4.74 Å². The molecule has 2 N–H and O–H groups in total. The topological polar surface area (TPSA) is 76.4 Å². The third-order valence-corrected chi connectivity index (χ3v) is 3.21. The van der Waals surface area contributed by atoms with Gasteiger partial charge < -0.3 is 15.4 Å². The summed E-state index contributed by atoms with van der Waals surface area (Å²) in [6.07, 6.45) is 0.935. The number of nitro groups is 1. The van der Waals surface area contributed by atoms with Crippen LogP contribution in [-0.2, 0) is 4.74 Å². The Kier molecular flexibility index (Phi) is 3.66. The van der Waals surface area contributed by atoms with Crippen LogP contribution in [0.15, 0.2) is 18.2 Å². The molecule has 2 unspecified atom stereocenters. The largest absolute Gasteiger partial charge is 0.382 e. The zero-order valence-corrected chi connectivity index (χ0v) is 10.5. The summed E-state index contributed by atoms with van der Waals surface area (Å²) in [6.45, 7) is 2.66. The Morgan fingerprint density at radius 2 is 2.17 bits per heavy atom. The van der Waals surface area contributed by atoms with Crippen LogP contribution in [0.5, 0.6) is 0 Å². The lowest BCUT2D eigenvalue weighted by Crippen LogP contribution is -2.27. The molecule has 98 valence electrons. The molecule has 1 aromatic carbocycles. The van der Waals surface area contributed by atoms with E-state index in [1.54, 1.807) is 25.2 Å². The van der Waals surface area contributed by atoms with Gasteiger partial charge in [-0.05, 0) is 25.5 Å². The van der Waals surface area contributed by atoms with Gasteiger partial charge in [0.2, 0.25) is 0 Å². The van der Waals surface area contributed by atoms with E-state index in [-0.39, 0.29) is 22.8 Å². The fraction of sp³-hybridized carbons (Fsp3) is 0.500. The number of anilines is 2. The molecule has 1 aliphatic heterocycles. The Morgan fingerprint density at radius 3 is 2.72 bits per heavy atom. The maximum Gasteiger partial charge on any atom is 0.315 e. The number of ether oxygens (including phenoxy) is 1. The second-order valence-corrected chi connectivity index (χ2v) is 4.32. The van der Waals surface area contributed by atoms with Gasteiger partial charge in [0.1, 0.15) is 11.4 Å². The van der Waals surface area contributed by atoms with E-state index in [2.05, 4.69) is 10.6 Å². The lowest BCUT2D eigenvalue weighted by molar-refractivity contribution is -0.383. The molecule has 2 rings (SSSR count). The molecule has 1 saturated heterocycles. The first-order valence-electron chi connectivity index (χ1n) is 5.96. The van der Waals surface area contributed by atoms with Crippen LogP contribution in [0.4, 0.5) is 17.1 Å². The summed E-state index contributed by atoms with van der Waals surface area (Å²) in [7, 11) is 1.67. The summed E-state index contributed by atoms with van der Waals surface area (Å²) < 4.78 is 5.45. The fourth-order valence-electron chi connectivity index (χ4n) is 2.18. The van der Waals surface area contributed by atoms with Crippen LogP contribution in [-0.4, -0.2) is 30.7 Å². The van der Waals surface area contributed by atoms with E-state index in [1.165, 1.54) is 0 Å². The predicted molar refractivity (Wildman–Crippen MR) is 70.1 cm³/mol. The van der Waals surface area contributed by atoms with Crippen molar-refractivity contribution < 1.29 is 9.66 Å². The van der Waals surface area contributed by atoms with Crippen LogP contribution in [0.25, 0.3) is 0 Å². The molecule has 1 fully saturated rings. The van der Waals surface area contributed by atoms with Crippen LogP contribution in [0.3, 0.4) is 0 Å². The van der Waals surface area contributed by atoms with Crippen molar-refractivity contribution in [2.45, 2.75) is 25.5 Å². The van der Waals surface area contributed by atoms with Crippen molar-refractivity contribution >= 4 is 17.1 Å². The summed E-state index contributed by atoms with van der Waals surface area (Å²) in [5.41, 5.74) is 1.13. The van der Waals surface area contributed by atoms with Crippen molar-refractivity contribution in [2.24, 2.45) is 0 Å². The fourth-order valence-corrected chi connectivity index (χ4v) is 2.18. The normalized spacial score (nSPS) is 22.8. The third kappa shape index (κ3) is 2.38. The van der Waals surface area contributed by atoms with Gasteiger partial charge in [-0.2, -0.15) is 0 Å². The highest BCUT2D eigenvalue weighted by Crippen LogP contribution is 2.34. The number of nitrogens with one attached hydrogen (secondary N) is 2. The summed E-state index contributed by atoms with van der Waals surface area (Å²) in [5, 5.41) is 17.2. The molecule has 0 radical (unpaired) electrons. The van der Waals surface area contributed by atoms with Crippen molar-refractivity contribution in [1.82, 2.24) is 0 Å². The van der Waals surface area contributed by atoms with Gasteiger partial charge in [-0.1, -0.05) is 6.07 Å². The van der Waals surface area contributed by atoms with Crippen LogP contribution in [0, 0.1) is 10.1 Å². The SMILES string of the molecule is CNc1cccc(NC2CCOC2C)c1[N+](=O)[O-]. The summed E-state index contributed by atoms with van der Waals surface area (Å²) >= 11 is 0. The minimum Gasteiger partial charge on any atom is -0.382 e. The second-order valence-electron chi connectivity index (χ2n) is 4.32. The van der Waals surface area contributed by atoms with Gasteiger partial charge in [0, 0.05) is 13.7 Å². The zero-order valence-electron chi connectivity index (χ0n) is 10.5. The highest BCUT2D eigenvalue weighted by Gasteiger charge is 2.27. The van der Waals surface area contributed by atoms with Crippen LogP contribution >= 0.6 is 0 Å². The highest BCUT2D eigenvalue weighted by atomic mass is 16.6. The summed E-state index contributed by atoms with van der Waals surface area (Å²) in [5.74, 6) is 0. The smallest absolute Gasteiger partial charge is 0.315 e. The third-order valence-electron chi connectivity index (χ3n) is 3.21. The first kappa shape index (κ1) is 12.6. The number of rotatable bonds is 4. The van der Waals surface area contributed by atoms with Gasteiger partial charge in [-0.3, -0.25) is 10.1 Å². The lowest BCUT2D eigenvalue weighted by atomic mass is 10.1. The molecule has 0 aliphatic carbocycles. The maximum absolute atomic E-state index is 11.2. The minimum atomic E-state index is -0.366. The standard InChI is InChI=1S/C12H17N3O3/c1-8-9(6-7-18-8)14-11-5-3-4-10(13-2)12(11)15(16)17/h3-5,8-9,13-14H,6-7H2,1-2H3. The first-order valence-corrected chi connectivity index (χ1v) is 5.96. The monoisotopic (exact) mass is 251 g/mol. The van der Waals surface area contributed by atoms with E-state index in [1.807, 2.05) is 6.92 Å². The van der Waals surface area contributed by atoms with E-state index in [0.29, 0.717) is 18.0 Å². The van der Waals surface area contributed by atoms with E-state index >= 15 is 0 Å². The molecule has 6 nitrogen and oxygen atoms in total. The molecule has 1 aromatic rings. The van der Waals surface area contributed by atoms with Crippen molar-refractivity contribution in [3.8, 4) is 0 Å².